The van der Waals surface area contributed by atoms with Gasteiger partial charge < -0.3 is 10.0 Å². The number of halogens is 2. The van der Waals surface area contributed by atoms with Crippen LogP contribution in [0.1, 0.15) is 22.7 Å². The van der Waals surface area contributed by atoms with Crippen LogP contribution >= 0.6 is 0 Å². The molecule has 1 aliphatic heterocycles. The lowest BCUT2D eigenvalue weighted by Gasteiger charge is -2.25. The summed E-state index contributed by atoms with van der Waals surface area (Å²) in [5.74, 6) is -3.05. The van der Waals surface area contributed by atoms with Gasteiger partial charge in [0.05, 0.1) is 11.6 Å². The molecule has 0 spiro atoms. The number of likely N-dealkylation sites (tertiary alicyclic amines) is 1. The number of aromatic nitrogens is 1. The lowest BCUT2D eigenvalue weighted by molar-refractivity contribution is -0.140. The third-order valence-electron chi connectivity index (χ3n) is 4.92. The van der Waals surface area contributed by atoms with E-state index in [4.69, 9.17) is 0 Å². The highest BCUT2D eigenvalue weighted by molar-refractivity contribution is 6.46. The molecule has 1 unspecified atom stereocenters. The van der Waals surface area contributed by atoms with Crippen LogP contribution in [0, 0.1) is 11.6 Å². The van der Waals surface area contributed by atoms with Crippen molar-refractivity contribution >= 4 is 17.4 Å². The molecule has 7 heteroatoms. The lowest BCUT2D eigenvalue weighted by atomic mass is 9.95. The number of amides is 1. The molecular weight excluding hydrogens is 390 g/mol. The number of hydrogen-bond acceptors (Lipinski definition) is 4. The highest BCUT2D eigenvalue weighted by atomic mass is 19.1. The molecule has 1 aromatic heterocycles. The fraction of sp³-hybridized carbons (Fsp3) is 0.0870. The molecule has 1 fully saturated rings. The normalized spacial score (nSPS) is 18.1. The van der Waals surface area contributed by atoms with Gasteiger partial charge in [0, 0.05) is 24.5 Å². The summed E-state index contributed by atoms with van der Waals surface area (Å²) >= 11 is 0. The summed E-state index contributed by atoms with van der Waals surface area (Å²) in [6.07, 6.45) is 3.16. The summed E-state index contributed by atoms with van der Waals surface area (Å²) in [6, 6.07) is 12.8. The van der Waals surface area contributed by atoms with Crippen molar-refractivity contribution in [1.29, 1.82) is 0 Å². The van der Waals surface area contributed by atoms with Gasteiger partial charge in [-0.25, -0.2) is 8.78 Å². The standard InChI is InChI=1S/C23H16F2N2O3/c24-17-7-3-15(4-8-17)20-19(21(28)16-5-9-18(25)10-6-16)22(29)23(30)27(20)13-14-2-1-11-26-12-14/h1-12,20,28H,13H2. The van der Waals surface area contributed by atoms with E-state index < -0.39 is 35.1 Å². The molecular formula is C23H16F2N2O3. The summed E-state index contributed by atoms with van der Waals surface area (Å²) in [5.41, 5.74) is 1.21. The molecule has 0 radical (unpaired) electrons. The number of benzene rings is 2. The van der Waals surface area contributed by atoms with Crippen LogP contribution in [0.4, 0.5) is 8.78 Å². The molecule has 4 rings (SSSR count). The monoisotopic (exact) mass is 406 g/mol. The van der Waals surface area contributed by atoms with E-state index in [2.05, 4.69) is 4.98 Å². The minimum atomic E-state index is -0.934. The minimum Gasteiger partial charge on any atom is -0.507 e. The summed E-state index contributed by atoms with van der Waals surface area (Å²) in [6.45, 7) is 0.0701. The van der Waals surface area contributed by atoms with E-state index in [0.717, 1.165) is 12.1 Å². The Kier molecular flexibility index (Phi) is 5.10. The molecule has 150 valence electrons. The molecule has 2 aromatic carbocycles. The van der Waals surface area contributed by atoms with Crippen LogP contribution in [0.3, 0.4) is 0 Å². The number of pyridine rings is 1. The maximum absolute atomic E-state index is 13.5. The quantitative estimate of drug-likeness (QED) is 0.404. The van der Waals surface area contributed by atoms with Gasteiger partial charge in [-0.05, 0) is 53.6 Å². The molecule has 30 heavy (non-hydrogen) atoms. The highest BCUT2D eigenvalue weighted by Gasteiger charge is 2.46. The lowest BCUT2D eigenvalue weighted by Crippen LogP contribution is -2.29. The first kappa shape index (κ1) is 19.4. The number of nitrogens with zero attached hydrogens (tertiary/aromatic N) is 2. The Morgan fingerprint density at radius 2 is 1.60 bits per heavy atom. The Morgan fingerprint density at radius 1 is 0.967 bits per heavy atom. The third-order valence-corrected chi connectivity index (χ3v) is 4.92. The van der Waals surface area contributed by atoms with E-state index in [-0.39, 0.29) is 17.7 Å². The van der Waals surface area contributed by atoms with Gasteiger partial charge in [0.25, 0.3) is 11.7 Å². The summed E-state index contributed by atoms with van der Waals surface area (Å²) < 4.78 is 26.8. The van der Waals surface area contributed by atoms with Crippen LogP contribution in [-0.2, 0) is 16.1 Å². The van der Waals surface area contributed by atoms with Crippen LogP contribution in [0.15, 0.2) is 78.6 Å². The van der Waals surface area contributed by atoms with Crippen molar-refractivity contribution in [3.63, 3.8) is 0 Å². The molecule has 0 saturated carbocycles. The van der Waals surface area contributed by atoms with Crippen molar-refractivity contribution in [2.24, 2.45) is 0 Å². The van der Waals surface area contributed by atoms with E-state index in [0.29, 0.717) is 11.1 Å². The van der Waals surface area contributed by atoms with E-state index in [9.17, 15) is 23.5 Å². The Balaban J connectivity index is 1.85. The van der Waals surface area contributed by atoms with Gasteiger partial charge in [-0.3, -0.25) is 14.6 Å². The maximum Gasteiger partial charge on any atom is 0.295 e. The van der Waals surface area contributed by atoms with Crippen molar-refractivity contribution in [3.8, 4) is 0 Å². The Morgan fingerprint density at radius 3 is 2.20 bits per heavy atom. The summed E-state index contributed by atoms with van der Waals surface area (Å²) in [4.78, 5) is 31.0. The molecule has 3 aromatic rings. The number of aliphatic hydroxyl groups is 1. The van der Waals surface area contributed by atoms with Crippen LogP contribution < -0.4 is 0 Å². The van der Waals surface area contributed by atoms with Crippen molar-refractivity contribution in [3.05, 3.63) is 107 Å². The number of aliphatic hydroxyl groups excluding tert-OH is 1. The first-order chi connectivity index (χ1) is 14.5. The molecule has 1 N–H and O–H groups in total. The predicted molar refractivity (Wildman–Crippen MR) is 105 cm³/mol. The molecule has 2 heterocycles. The van der Waals surface area contributed by atoms with Crippen molar-refractivity contribution in [2.45, 2.75) is 12.6 Å². The second-order valence-electron chi connectivity index (χ2n) is 6.85. The highest BCUT2D eigenvalue weighted by Crippen LogP contribution is 2.40. The summed E-state index contributed by atoms with van der Waals surface area (Å²) in [7, 11) is 0. The summed E-state index contributed by atoms with van der Waals surface area (Å²) in [5, 5.41) is 10.8. The molecule has 1 aliphatic rings. The molecule has 1 amide bonds. The van der Waals surface area contributed by atoms with E-state index in [1.165, 1.54) is 41.3 Å². The number of ketones is 1. The average Bonchev–Trinajstić information content (AvgIpc) is 3.00. The van der Waals surface area contributed by atoms with E-state index >= 15 is 0 Å². The Labute approximate surface area is 170 Å². The molecule has 5 nitrogen and oxygen atoms in total. The maximum atomic E-state index is 13.5. The average molecular weight is 406 g/mol. The van der Waals surface area contributed by atoms with Gasteiger partial charge in [-0.1, -0.05) is 18.2 Å². The molecule has 1 saturated heterocycles. The minimum absolute atomic E-state index is 0.0701. The molecule has 1 atom stereocenters. The second-order valence-corrected chi connectivity index (χ2v) is 6.85. The molecule has 0 bridgehead atoms. The number of carbonyl (C=O) groups excluding carboxylic acids is 2. The van der Waals surface area contributed by atoms with Crippen LogP contribution in [0.25, 0.3) is 5.76 Å². The topological polar surface area (TPSA) is 70.5 Å². The first-order valence-electron chi connectivity index (χ1n) is 9.14. The van der Waals surface area contributed by atoms with Gasteiger partial charge in [0.15, 0.2) is 0 Å². The van der Waals surface area contributed by atoms with Gasteiger partial charge in [-0.15, -0.1) is 0 Å². The van der Waals surface area contributed by atoms with E-state index in [1.54, 1.807) is 24.5 Å². The fourth-order valence-corrected chi connectivity index (χ4v) is 3.49. The zero-order valence-corrected chi connectivity index (χ0v) is 15.6. The van der Waals surface area contributed by atoms with Crippen LogP contribution in [0.5, 0.6) is 0 Å². The smallest absolute Gasteiger partial charge is 0.295 e. The number of rotatable bonds is 4. The SMILES string of the molecule is O=C1C(=O)N(Cc2cccnc2)C(c2ccc(F)cc2)C1=C(O)c1ccc(F)cc1. The van der Waals surface area contributed by atoms with Crippen molar-refractivity contribution in [2.75, 3.05) is 0 Å². The number of hydrogen-bond donors (Lipinski definition) is 1. The number of carbonyl (C=O) groups is 2. The van der Waals surface area contributed by atoms with Gasteiger partial charge in [-0.2, -0.15) is 0 Å². The fourth-order valence-electron chi connectivity index (χ4n) is 3.49. The third kappa shape index (κ3) is 3.57. The van der Waals surface area contributed by atoms with Crippen molar-refractivity contribution < 1.29 is 23.5 Å². The zero-order valence-electron chi connectivity index (χ0n) is 15.6. The second kappa shape index (κ2) is 7.87. The van der Waals surface area contributed by atoms with Gasteiger partial charge in [0.1, 0.15) is 17.4 Å². The molecule has 0 aliphatic carbocycles. The van der Waals surface area contributed by atoms with Crippen LogP contribution in [0.2, 0.25) is 0 Å². The largest absolute Gasteiger partial charge is 0.507 e. The van der Waals surface area contributed by atoms with Gasteiger partial charge >= 0.3 is 0 Å². The van der Waals surface area contributed by atoms with Crippen LogP contribution in [-0.4, -0.2) is 26.7 Å². The van der Waals surface area contributed by atoms with Crippen molar-refractivity contribution in [1.82, 2.24) is 9.88 Å². The Hall–Kier alpha value is -3.87. The van der Waals surface area contributed by atoms with E-state index in [1.807, 2.05) is 0 Å². The van der Waals surface area contributed by atoms with Gasteiger partial charge in [0.2, 0.25) is 0 Å². The Bertz CT molecular complexity index is 1130. The zero-order chi connectivity index (χ0) is 21.3. The number of Topliss-reactive ketones (excluding diaryl/α,β-unsaturated/α-hetero) is 1. The first-order valence-corrected chi connectivity index (χ1v) is 9.14. The predicted octanol–water partition coefficient (Wildman–Crippen LogP) is 3.98.